The van der Waals surface area contributed by atoms with Crippen LogP contribution in [0.4, 0.5) is 4.79 Å². The summed E-state index contributed by atoms with van der Waals surface area (Å²) in [7, 11) is 3.40. The molecule has 1 aromatic heterocycles. The summed E-state index contributed by atoms with van der Waals surface area (Å²) in [5, 5.41) is 0.523. The lowest BCUT2D eigenvalue weighted by molar-refractivity contribution is -0.123. The normalized spacial score (nSPS) is 15.9. The van der Waals surface area contributed by atoms with E-state index in [4.69, 9.17) is 23.2 Å². The average Bonchev–Trinajstić information content (AvgIpc) is 3.06. The fraction of sp³-hybridized carbons (Fsp3) is 0.150. The van der Waals surface area contributed by atoms with E-state index in [-0.39, 0.29) is 23.4 Å². The standard InChI is InChI=1S/C20H15Cl2N3O3S/c1-23-15-6-3-11(7-16(15)24(2)19(23)27)8-17-18(26)25(20(28)29-17)10-12-4-5-13(21)9-14(12)22/h3-9H,10H2,1-2H3/b17-8+. The third-order valence-corrected chi connectivity index (χ3v) is 6.31. The van der Waals surface area contributed by atoms with Gasteiger partial charge in [-0.25, -0.2) is 4.79 Å². The number of benzene rings is 2. The predicted molar refractivity (Wildman–Crippen MR) is 116 cm³/mol. The molecular formula is C20H15Cl2N3O3S. The van der Waals surface area contributed by atoms with Crippen molar-refractivity contribution in [2.45, 2.75) is 6.54 Å². The lowest BCUT2D eigenvalue weighted by Gasteiger charge is -2.13. The second kappa shape index (κ2) is 7.40. The SMILES string of the molecule is Cn1c(=O)n(C)c2cc(/C=C3/SC(=O)N(Cc4ccc(Cl)cc4Cl)C3=O)ccc21. The van der Waals surface area contributed by atoms with Crippen LogP contribution in [0.1, 0.15) is 11.1 Å². The summed E-state index contributed by atoms with van der Waals surface area (Å²) in [4.78, 5) is 38.7. The minimum atomic E-state index is -0.381. The third-order valence-electron chi connectivity index (χ3n) is 4.81. The number of carbonyl (C=O) groups excluding carboxylic acids is 2. The molecule has 2 aromatic carbocycles. The van der Waals surface area contributed by atoms with Gasteiger partial charge in [-0.3, -0.25) is 23.6 Å². The Morgan fingerprint density at radius 2 is 1.69 bits per heavy atom. The molecule has 1 aliphatic heterocycles. The van der Waals surface area contributed by atoms with Gasteiger partial charge in [-0.1, -0.05) is 35.3 Å². The molecule has 6 nitrogen and oxygen atoms in total. The van der Waals surface area contributed by atoms with E-state index in [2.05, 4.69) is 0 Å². The molecular weight excluding hydrogens is 433 g/mol. The van der Waals surface area contributed by atoms with Gasteiger partial charge in [0, 0.05) is 24.1 Å². The van der Waals surface area contributed by atoms with Crippen molar-refractivity contribution in [2.75, 3.05) is 0 Å². The first kappa shape index (κ1) is 19.8. The van der Waals surface area contributed by atoms with Gasteiger partial charge in [0.15, 0.2) is 0 Å². The van der Waals surface area contributed by atoms with E-state index in [0.29, 0.717) is 20.5 Å². The number of imidazole rings is 1. The van der Waals surface area contributed by atoms with Gasteiger partial charge in [0.05, 0.1) is 22.5 Å². The number of imide groups is 1. The van der Waals surface area contributed by atoms with Crippen molar-refractivity contribution in [3.8, 4) is 0 Å². The monoisotopic (exact) mass is 447 g/mol. The Morgan fingerprint density at radius 1 is 0.966 bits per heavy atom. The first-order chi connectivity index (χ1) is 13.8. The number of halogens is 2. The van der Waals surface area contributed by atoms with Crippen molar-refractivity contribution in [3.63, 3.8) is 0 Å². The largest absolute Gasteiger partial charge is 0.328 e. The van der Waals surface area contributed by atoms with Crippen LogP contribution < -0.4 is 5.69 Å². The topological polar surface area (TPSA) is 64.3 Å². The number of thioether (sulfide) groups is 1. The van der Waals surface area contributed by atoms with Crippen LogP contribution in [0, 0.1) is 0 Å². The maximum atomic E-state index is 12.8. The molecule has 9 heteroatoms. The number of carbonyl (C=O) groups is 2. The number of nitrogens with zero attached hydrogens (tertiary/aromatic N) is 3. The van der Waals surface area contributed by atoms with Gasteiger partial charge in [-0.2, -0.15) is 0 Å². The number of amides is 2. The molecule has 3 aromatic rings. The second-order valence-corrected chi connectivity index (χ2v) is 8.49. The van der Waals surface area contributed by atoms with Crippen LogP contribution in [0.5, 0.6) is 0 Å². The molecule has 2 amide bonds. The van der Waals surface area contributed by atoms with E-state index in [1.807, 2.05) is 18.2 Å². The Labute approximate surface area is 180 Å². The lowest BCUT2D eigenvalue weighted by atomic mass is 10.1. The highest BCUT2D eigenvalue weighted by Crippen LogP contribution is 2.34. The molecule has 29 heavy (non-hydrogen) atoms. The Hall–Kier alpha value is -2.48. The van der Waals surface area contributed by atoms with Crippen LogP contribution in [0.2, 0.25) is 10.0 Å². The Morgan fingerprint density at radius 3 is 2.41 bits per heavy atom. The first-order valence-corrected chi connectivity index (χ1v) is 10.2. The fourth-order valence-corrected chi connectivity index (χ4v) is 4.53. The molecule has 2 heterocycles. The van der Waals surface area contributed by atoms with Crippen LogP contribution >= 0.6 is 35.0 Å². The molecule has 1 fully saturated rings. The Kier molecular flexibility index (Phi) is 5.06. The zero-order valence-corrected chi connectivity index (χ0v) is 17.8. The summed E-state index contributed by atoms with van der Waals surface area (Å²) in [6.07, 6.45) is 1.66. The van der Waals surface area contributed by atoms with E-state index in [1.165, 1.54) is 0 Å². The lowest BCUT2D eigenvalue weighted by Crippen LogP contribution is -2.27. The maximum absolute atomic E-state index is 12.8. The third kappa shape index (κ3) is 3.50. The number of hydrogen-bond acceptors (Lipinski definition) is 4. The zero-order chi connectivity index (χ0) is 20.9. The van der Waals surface area contributed by atoms with E-state index in [1.54, 1.807) is 47.5 Å². The minimum Gasteiger partial charge on any atom is -0.295 e. The smallest absolute Gasteiger partial charge is 0.295 e. The van der Waals surface area contributed by atoms with Crippen LogP contribution in [0.25, 0.3) is 17.1 Å². The number of rotatable bonds is 3. The molecule has 0 spiro atoms. The highest BCUT2D eigenvalue weighted by Gasteiger charge is 2.35. The van der Waals surface area contributed by atoms with E-state index < -0.39 is 0 Å². The van der Waals surface area contributed by atoms with Crippen molar-refractivity contribution >= 4 is 63.2 Å². The summed E-state index contributed by atoms with van der Waals surface area (Å²) in [5.74, 6) is -0.381. The predicted octanol–water partition coefficient (Wildman–Crippen LogP) is 4.42. The van der Waals surface area contributed by atoms with Gasteiger partial charge in [-0.15, -0.1) is 0 Å². The molecule has 0 aliphatic carbocycles. The summed E-state index contributed by atoms with van der Waals surface area (Å²) in [6.45, 7) is 0.0736. The van der Waals surface area contributed by atoms with Crippen LogP contribution in [-0.4, -0.2) is 25.2 Å². The molecule has 1 saturated heterocycles. The van der Waals surface area contributed by atoms with Gasteiger partial charge >= 0.3 is 5.69 Å². The maximum Gasteiger partial charge on any atom is 0.328 e. The molecule has 0 saturated carbocycles. The van der Waals surface area contributed by atoms with Crippen molar-refractivity contribution in [1.82, 2.24) is 14.0 Å². The van der Waals surface area contributed by atoms with Gasteiger partial charge in [-0.05, 0) is 53.2 Å². The Bertz CT molecular complexity index is 1280. The van der Waals surface area contributed by atoms with Gasteiger partial charge in [0.2, 0.25) is 0 Å². The quantitative estimate of drug-likeness (QED) is 0.557. The van der Waals surface area contributed by atoms with Crippen LogP contribution in [0.3, 0.4) is 0 Å². The number of hydrogen-bond donors (Lipinski definition) is 0. The van der Waals surface area contributed by atoms with Crippen LogP contribution in [-0.2, 0) is 25.4 Å². The van der Waals surface area contributed by atoms with E-state index >= 15 is 0 Å². The summed E-state index contributed by atoms with van der Waals surface area (Å²) < 4.78 is 3.10. The van der Waals surface area contributed by atoms with Crippen molar-refractivity contribution in [1.29, 1.82) is 0 Å². The molecule has 0 N–H and O–H groups in total. The summed E-state index contributed by atoms with van der Waals surface area (Å²) >= 11 is 12.9. The molecule has 148 valence electrons. The van der Waals surface area contributed by atoms with Gasteiger partial charge in [0.25, 0.3) is 11.1 Å². The number of aromatic nitrogens is 2. The van der Waals surface area contributed by atoms with Crippen molar-refractivity contribution < 1.29 is 9.59 Å². The average molecular weight is 448 g/mol. The van der Waals surface area contributed by atoms with Crippen LogP contribution in [0.15, 0.2) is 46.1 Å². The number of aryl methyl sites for hydroxylation is 2. The second-order valence-electron chi connectivity index (χ2n) is 6.65. The molecule has 0 atom stereocenters. The molecule has 0 radical (unpaired) electrons. The molecule has 0 bridgehead atoms. The molecule has 1 aliphatic rings. The first-order valence-electron chi connectivity index (χ1n) is 8.61. The fourth-order valence-electron chi connectivity index (χ4n) is 3.22. The Balaban J connectivity index is 1.64. The summed E-state index contributed by atoms with van der Waals surface area (Å²) in [5.41, 5.74) is 2.78. The van der Waals surface area contributed by atoms with Crippen molar-refractivity contribution in [3.05, 3.63) is 73.0 Å². The number of fused-ring (bicyclic) bond motifs is 1. The minimum absolute atomic E-state index is 0.0736. The molecule has 4 rings (SSSR count). The molecule has 0 unspecified atom stereocenters. The van der Waals surface area contributed by atoms with Gasteiger partial charge in [0.1, 0.15) is 0 Å². The van der Waals surface area contributed by atoms with Gasteiger partial charge < -0.3 is 0 Å². The van der Waals surface area contributed by atoms with E-state index in [9.17, 15) is 14.4 Å². The van der Waals surface area contributed by atoms with Crippen molar-refractivity contribution in [2.24, 2.45) is 14.1 Å². The van der Waals surface area contributed by atoms with E-state index in [0.717, 1.165) is 33.3 Å². The highest BCUT2D eigenvalue weighted by molar-refractivity contribution is 8.18. The zero-order valence-electron chi connectivity index (χ0n) is 15.5. The summed E-state index contributed by atoms with van der Waals surface area (Å²) in [6, 6.07) is 10.4. The highest BCUT2D eigenvalue weighted by atomic mass is 35.5.